The summed E-state index contributed by atoms with van der Waals surface area (Å²) < 4.78 is 1.78. The van der Waals surface area contributed by atoms with Crippen LogP contribution in [0.15, 0.2) is 47.3 Å². The first-order valence-electron chi connectivity index (χ1n) is 6.39. The van der Waals surface area contributed by atoms with Gasteiger partial charge >= 0.3 is 5.69 Å². The van der Waals surface area contributed by atoms with Gasteiger partial charge in [-0.3, -0.25) is 4.57 Å². The summed E-state index contributed by atoms with van der Waals surface area (Å²) in [7, 11) is 0. The van der Waals surface area contributed by atoms with Gasteiger partial charge in [-0.1, -0.05) is 42.0 Å². The summed E-state index contributed by atoms with van der Waals surface area (Å²) in [6.45, 7) is 4.67. The van der Waals surface area contributed by atoms with Gasteiger partial charge in [-0.25, -0.2) is 4.79 Å². The number of nitrogens with one attached hydrogen (secondary N) is 1. The second-order valence-corrected chi connectivity index (χ2v) is 4.97. The number of aromatic nitrogens is 2. The topological polar surface area (TPSA) is 37.8 Å². The highest BCUT2D eigenvalue weighted by atomic mass is 16.1. The smallest absolute Gasteiger partial charge is 0.305 e. The van der Waals surface area contributed by atoms with Crippen LogP contribution in [0, 0.1) is 13.8 Å². The van der Waals surface area contributed by atoms with Crippen LogP contribution in [0.1, 0.15) is 16.7 Å². The van der Waals surface area contributed by atoms with Crippen LogP contribution in [-0.4, -0.2) is 9.55 Å². The maximum atomic E-state index is 12.1. The Morgan fingerprint density at radius 3 is 2.53 bits per heavy atom. The third kappa shape index (κ3) is 2.08. The molecule has 0 aliphatic heterocycles. The molecule has 0 aliphatic rings. The van der Waals surface area contributed by atoms with Crippen LogP contribution in [0.5, 0.6) is 0 Å². The first kappa shape index (κ1) is 11.8. The normalized spacial score (nSPS) is 11.1. The van der Waals surface area contributed by atoms with Crippen molar-refractivity contribution in [1.82, 2.24) is 9.55 Å². The molecule has 0 saturated carbocycles. The van der Waals surface area contributed by atoms with Crippen LogP contribution in [0.3, 0.4) is 0 Å². The molecule has 0 amide bonds. The van der Waals surface area contributed by atoms with E-state index in [1.54, 1.807) is 4.57 Å². The molecule has 3 rings (SSSR count). The van der Waals surface area contributed by atoms with Gasteiger partial charge in [0.05, 0.1) is 17.6 Å². The molecule has 1 heterocycles. The standard InChI is InChI=1S/C16H16N2O/c1-11-6-8-13(9-7-11)10-18-14-5-3-4-12(2)15(14)17-16(18)19/h3-9H,10H2,1-2H3,(H,17,19). The van der Waals surface area contributed by atoms with Gasteiger partial charge in [0.25, 0.3) is 0 Å². The second kappa shape index (κ2) is 4.43. The fraction of sp³-hybridized carbons (Fsp3) is 0.188. The van der Waals surface area contributed by atoms with Crippen LogP contribution in [0.4, 0.5) is 0 Å². The molecule has 0 spiro atoms. The molecule has 3 nitrogen and oxygen atoms in total. The van der Waals surface area contributed by atoms with E-state index in [2.05, 4.69) is 36.2 Å². The highest BCUT2D eigenvalue weighted by Gasteiger charge is 2.08. The first-order chi connectivity index (χ1) is 9.15. The molecule has 0 bridgehead atoms. The number of benzene rings is 2. The number of H-pyrrole nitrogens is 1. The molecule has 0 saturated heterocycles. The Bertz CT molecular complexity index is 779. The van der Waals surface area contributed by atoms with Crippen molar-refractivity contribution in [3.05, 3.63) is 69.6 Å². The molecule has 96 valence electrons. The lowest BCUT2D eigenvalue weighted by atomic mass is 10.1. The van der Waals surface area contributed by atoms with E-state index in [0.29, 0.717) is 6.54 Å². The van der Waals surface area contributed by atoms with Crippen molar-refractivity contribution in [3.8, 4) is 0 Å². The summed E-state index contributed by atoms with van der Waals surface area (Å²) in [4.78, 5) is 15.0. The summed E-state index contributed by atoms with van der Waals surface area (Å²) >= 11 is 0. The minimum Gasteiger partial charge on any atom is -0.305 e. The Balaban J connectivity index is 2.10. The number of aryl methyl sites for hydroxylation is 2. The van der Waals surface area contributed by atoms with E-state index in [1.165, 1.54) is 5.56 Å². The number of para-hydroxylation sites is 1. The highest BCUT2D eigenvalue weighted by Crippen LogP contribution is 2.15. The fourth-order valence-electron chi connectivity index (χ4n) is 2.36. The molecule has 1 aromatic heterocycles. The minimum atomic E-state index is -0.0510. The number of hydrogen-bond acceptors (Lipinski definition) is 1. The Kier molecular flexibility index (Phi) is 2.75. The van der Waals surface area contributed by atoms with Gasteiger partial charge in [0.1, 0.15) is 0 Å². The molecule has 3 aromatic rings. The minimum absolute atomic E-state index is 0.0510. The molecule has 0 atom stereocenters. The third-order valence-electron chi connectivity index (χ3n) is 3.48. The van der Waals surface area contributed by atoms with Crippen molar-refractivity contribution in [2.75, 3.05) is 0 Å². The Labute approximate surface area is 111 Å². The van der Waals surface area contributed by atoms with E-state index >= 15 is 0 Å². The third-order valence-corrected chi connectivity index (χ3v) is 3.48. The molecule has 1 N–H and O–H groups in total. The van der Waals surface area contributed by atoms with Gasteiger partial charge < -0.3 is 4.98 Å². The Hall–Kier alpha value is -2.29. The predicted octanol–water partition coefficient (Wildman–Crippen LogP) is 2.99. The molecule has 0 aliphatic carbocycles. The SMILES string of the molecule is Cc1ccc(Cn2c(=O)[nH]c3c(C)cccc32)cc1. The molecule has 0 radical (unpaired) electrons. The molecule has 3 heteroatoms. The predicted molar refractivity (Wildman–Crippen MR) is 77.6 cm³/mol. The van der Waals surface area contributed by atoms with E-state index in [0.717, 1.165) is 22.2 Å². The lowest BCUT2D eigenvalue weighted by Gasteiger charge is -2.04. The maximum Gasteiger partial charge on any atom is 0.326 e. The van der Waals surface area contributed by atoms with E-state index < -0.39 is 0 Å². The lowest BCUT2D eigenvalue weighted by molar-refractivity contribution is 0.786. The fourth-order valence-corrected chi connectivity index (χ4v) is 2.36. The molecular weight excluding hydrogens is 236 g/mol. The van der Waals surface area contributed by atoms with Crippen molar-refractivity contribution in [1.29, 1.82) is 0 Å². The zero-order chi connectivity index (χ0) is 13.4. The number of rotatable bonds is 2. The van der Waals surface area contributed by atoms with E-state index in [4.69, 9.17) is 0 Å². The lowest BCUT2D eigenvalue weighted by Crippen LogP contribution is -2.17. The van der Waals surface area contributed by atoms with Gasteiger partial charge in [-0.05, 0) is 31.0 Å². The van der Waals surface area contributed by atoms with Crippen molar-refractivity contribution >= 4 is 11.0 Å². The monoisotopic (exact) mass is 252 g/mol. The Morgan fingerprint density at radius 1 is 1.05 bits per heavy atom. The summed E-state index contributed by atoms with van der Waals surface area (Å²) in [5.41, 5.74) is 5.30. The van der Waals surface area contributed by atoms with Crippen LogP contribution < -0.4 is 5.69 Å². The van der Waals surface area contributed by atoms with Gasteiger partial charge in [0.15, 0.2) is 0 Å². The molecule has 0 fully saturated rings. The van der Waals surface area contributed by atoms with Gasteiger partial charge in [-0.2, -0.15) is 0 Å². The highest BCUT2D eigenvalue weighted by molar-refractivity contribution is 5.78. The van der Waals surface area contributed by atoms with Crippen molar-refractivity contribution < 1.29 is 0 Å². The van der Waals surface area contributed by atoms with Crippen molar-refractivity contribution in [2.24, 2.45) is 0 Å². The first-order valence-corrected chi connectivity index (χ1v) is 6.39. The zero-order valence-corrected chi connectivity index (χ0v) is 11.1. The van der Waals surface area contributed by atoms with Gasteiger partial charge in [-0.15, -0.1) is 0 Å². The van der Waals surface area contributed by atoms with Gasteiger partial charge in [0.2, 0.25) is 0 Å². The Morgan fingerprint density at radius 2 is 1.79 bits per heavy atom. The maximum absolute atomic E-state index is 12.1. The van der Waals surface area contributed by atoms with Crippen LogP contribution in [-0.2, 0) is 6.54 Å². The average molecular weight is 252 g/mol. The molecular formula is C16H16N2O. The van der Waals surface area contributed by atoms with E-state index in [1.807, 2.05) is 25.1 Å². The molecule has 19 heavy (non-hydrogen) atoms. The van der Waals surface area contributed by atoms with Crippen LogP contribution in [0.2, 0.25) is 0 Å². The summed E-state index contributed by atoms with van der Waals surface area (Å²) in [5.74, 6) is 0. The number of hydrogen-bond donors (Lipinski definition) is 1. The molecule has 2 aromatic carbocycles. The summed E-state index contributed by atoms with van der Waals surface area (Å²) in [6, 6.07) is 14.2. The quantitative estimate of drug-likeness (QED) is 0.748. The summed E-state index contributed by atoms with van der Waals surface area (Å²) in [6.07, 6.45) is 0. The number of nitrogens with zero attached hydrogens (tertiary/aromatic N) is 1. The average Bonchev–Trinajstić information content (AvgIpc) is 2.71. The van der Waals surface area contributed by atoms with E-state index in [-0.39, 0.29) is 5.69 Å². The van der Waals surface area contributed by atoms with Crippen molar-refractivity contribution in [3.63, 3.8) is 0 Å². The van der Waals surface area contributed by atoms with Crippen LogP contribution >= 0.6 is 0 Å². The summed E-state index contributed by atoms with van der Waals surface area (Å²) in [5, 5.41) is 0. The van der Waals surface area contributed by atoms with Crippen LogP contribution in [0.25, 0.3) is 11.0 Å². The van der Waals surface area contributed by atoms with E-state index in [9.17, 15) is 4.79 Å². The molecule has 0 unspecified atom stereocenters. The van der Waals surface area contributed by atoms with Crippen molar-refractivity contribution in [2.45, 2.75) is 20.4 Å². The number of fused-ring (bicyclic) bond motifs is 1. The number of imidazole rings is 1. The zero-order valence-electron chi connectivity index (χ0n) is 11.1. The van der Waals surface area contributed by atoms with Gasteiger partial charge in [0, 0.05) is 0 Å². The second-order valence-electron chi connectivity index (χ2n) is 4.97. The largest absolute Gasteiger partial charge is 0.326 e. The number of aromatic amines is 1.